The van der Waals surface area contributed by atoms with Gasteiger partial charge in [-0.3, -0.25) is 14.6 Å². The largest absolute Gasteiger partial charge is 0.480 e. The molecule has 6 nitrogen and oxygen atoms in total. The van der Waals surface area contributed by atoms with Gasteiger partial charge in [0, 0.05) is 50.5 Å². The molecule has 1 atom stereocenters. The molecule has 1 aliphatic rings. The zero-order valence-corrected chi connectivity index (χ0v) is 12.1. The summed E-state index contributed by atoms with van der Waals surface area (Å²) in [6, 6.07) is 3.63. The van der Waals surface area contributed by atoms with Crippen molar-refractivity contribution in [2.75, 3.05) is 26.2 Å². The number of nitrogens with zero attached hydrogens (tertiary/aromatic N) is 3. The quantitative estimate of drug-likeness (QED) is 0.883. The summed E-state index contributed by atoms with van der Waals surface area (Å²) in [4.78, 5) is 22.9. The molecule has 0 spiro atoms. The first-order valence-corrected chi connectivity index (χ1v) is 7.25. The van der Waals surface area contributed by atoms with E-state index in [9.17, 15) is 4.79 Å². The van der Waals surface area contributed by atoms with Crippen LogP contribution in [0.5, 0.6) is 0 Å². The van der Waals surface area contributed by atoms with Crippen LogP contribution in [0.3, 0.4) is 0 Å². The van der Waals surface area contributed by atoms with Crippen LogP contribution >= 0.6 is 0 Å². The molecule has 0 saturated carbocycles. The number of rotatable bonds is 4. The highest BCUT2D eigenvalue weighted by Gasteiger charge is 2.25. The topological polar surface area (TPSA) is 72.5 Å². The summed E-state index contributed by atoms with van der Waals surface area (Å²) < 4.78 is 0. The average molecular weight is 288 g/mol. The average Bonchev–Trinajstić information content (AvgIpc) is 2.91. The lowest BCUT2D eigenvalue weighted by Gasteiger charge is -2.36. The van der Waals surface area contributed by atoms with Crippen LogP contribution < -0.4 is 0 Å². The van der Waals surface area contributed by atoms with Crippen LogP contribution in [0.2, 0.25) is 0 Å². The Labute approximate surface area is 123 Å². The van der Waals surface area contributed by atoms with Crippen LogP contribution in [-0.4, -0.2) is 63.1 Å². The Hall–Kier alpha value is -1.92. The summed E-state index contributed by atoms with van der Waals surface area (Å²) in [5.74, 6) is -0.744. The first kappa shape index (κ1) is 14.0. The van der Waals surface area contributed by atoms with Gasteiger partial charge in [0.05, 0.1) is 0 Å². The molecule has 1 saturated heterocycles. The van der Waals surface area contributed by atoms with Crippen LogP contribution in [0.4, 0.5) is 0 Å². The minimum atomic E-state index is -0.744. The molecule has 3 heterocycles. The van der Waals surface area contributed by atoms with Crippen molar-refractivity contribution in [1.29, 1.82) is 0 Å². The van der Waals surface area contributed by atoms with Crippen molar-refractivity contribution in [3.8, 4) is 0 Å². The second-order valence-corrected chi connectivity index (χ2v) is 5.54. The van der Waals surface area contributed by atoms with Crippen LogP contribution in [0.1, 0.15) is 12.5 Å². The molecule has 0 aromatic carbocycles. The first-order valence-electron chi connectivity index (χ1n) is 7.25. The van der Waals surface area contributed by atoms with Crippen molar-refractivity contribution in [3.05, 3.63) is 30.1 Å². The van der Waals surface area contributed by atoms with Gasteiger partial charge in [-0.15, -0.1) is 0 Å². The third-order valence-electron chi connectivity index (χ3n) is 4.24. The lowest BCUT2D eigenvalue weighted by Crippen LogP contribution is -2.51. The van der Waals surface area contributed by atoms with Crippen molar-refractivity contribution >= 4 is 17.0 Å². The van der Waals surface area contributed by atoms with Crippen molar-refractivity contribution in [2.24, 2.45) is 0 Å². The maximum Gasteiger partial charge on any atom is 0.320 e. The van der Waals surface area contributed by atoms with Crippen molar-refractivity contribution in [3.63, 3.8) is 0 Å². The molecule has 2 aromatic rings. The molecule has 0 aliphatic carbocycles. The van der Waals surface area contributed by atoms with Gasteiger partial charge < -0.3 is 10.1 Å². The normalized spacial score (nSPS) is 18.9. The fourth-order valence-electron chi connectivity index (χ4n) is 2.85. The molecule has 21 heavy (non-hydrogen) atoms. The minimum absolute atomic E-state index is 0.399. The molecule has 0 radical (unpaired) electrons. The molecule has 2 aromatic heterocycles. The zero-order valence-electron chi connectivity index (χ0n) is 12.1. The first-order chi connectivity index (χ1) is 10.1. The third-order valence-corrected chi connectivity index (χ3v) is 4.24. The van der Waals surface area contributed by atoms with Gasteiger partial charge in [0.25, 0.3) is 0 Å². The highest BCUT2D eigenvalue weighted by molar-refractivity contribution is 5.79. The lowest BCUT2D eigenvalue weighted by molar-refractivity contribution is -0.143. The zero-order chi connectivity index (χ0) is 14.8. The Kier molecular flexibility index (Phi) is 3.90. The van der Waals surface area contributed by atoms with E-state index in [1.165, 1.54) is 10.9 Å². The van der Waals surface area contributed by atoms with Gasteiger partial charge in [-0.1, -0.05) is 0 Å². The Bertz CT molecular complexity index is 631. The summed E-state index contributed by atoms with van der Waals surface area (Å²) >= 11 is 0. The third kappa shape index (κ3) is 2.91. The van der Waals surface area contributed by atoms with Crippen molar-refractivity contribution in [1.82, 2.24) is 19.8 Å². The van der Waals surface area contributed by atoms with Crippen LogP contribution in [-0.2, 0) is 11.3 Å². The van der Waals surface area contributed by atoms with Gasteiger partial charge in [-0.25, -0.2) is 4.98 Å². The number of H-pyrrole nitrogens is 1. The lowest BCUT2D eigenvalue weighted by atomic mass is 10.2. The number of aliphatic carboxylic acids is 1. The molecular weight excluding hydrogens is 268 g/mol. The SMILES string of the molecule is CC(C(=O)O)N1CCN(Cc2c[nH]c3ncccc23)CC1. The maximum atomic E-state index is 11.0. The molecule has 0 bridgehead atoms. The molecule has 1 unspecified atom stereocenters. The molecule has 1 aliphatic heterocycles. The molecule has 3 rings (SSSR count). The van der Waals surface area contributed by atoms with E-state index in [1.807, 2.05) is 17.2 Å². The summed E-state index contributed by atoms with van der Waals surface area (Å²) in [6.45, 7) is 6.02. The van der Waals surface area contributed by atoms with E-state index in [2.05, 4.69) is 20.9 Å². The number of aromatic nitrogens is 2. The maximum absolute atomic E-state index is 11.0. The van der Waals surface area contributed by atoms with E-state index in [4.69, 9.17) is 5.11 Å². The number of fused-ring (bicyclic) bond motifs is 1. The van der Waals surface area contributed by atoms with Gasteiger partial charge in [0.15, 0.2) is 0 Å². The number of nitrogens with one attached hydrogen (secondary N) is 1. The Balaban J connectivity index is 1.62. The van der Waals surface area contributed by atoms with Crippen LogP contribution in [0, 0.1) is 0 Å². The molecule has 0 amide bonds. The number of aromatic amines is 1. The van der Waals surface area contributed by atoms with Gasteiger partial charge >= 0.3 is 5.97 Å². The summed E-state index contributed by atoms with van der Waals surface area (Å²) in [6.07, 6.45) is 3.80. The Morgan fingerprint density at radius 3 is 2.90 bits per heavy atom. The van der Waals surface area contributed by atoms with E-state index in [-0.39, 0.29) is 0 Å². The summed E-state index contributed by atoms with van der Waals surface area (Å²) in [7, 11) is 0. The molecule has 112 valence electrons. The van der Waals surface area contributed by atoms with Gasteiger partial charge in [0.1, 0.15) is 11.7 Å². The highest BCUT2D eigenvalue weighted by Crippen LogP contribution is 2.18. The number of carboxylic acid groups (broad SMARTS) is 1. The van der Waals surface area contributed by atoms with Gasteiger partial charge in [-0.2, -0.15) is 0 Å². The number of carbonyl (C=O) groups is 1. The van der Waals surface area contributed by atoms with Crippen molar-refractivity contribution < 1.29 is 9.90 Å². The molecule has 1 fully saturated rings. The van der Waals surface area contributed by atoms with E-state index >= 15 is 0 Å². The predicted molar refractivity (Wildman–Crippen MR) is 80.0 cm³/mol. The number of hydrogen-bond acceptors (Lipinski definition) is 4. The highest BCUT2D eigenvalue weighted by atomic mass is 16.4. The number of hydrogen-bond donors (Lipinski definition) is 2. The molecule has 2 N–H and O–H groups in total. The fraction of sp³-hybridized carbons (Fsp3) is 0.467. The van der Waals surface area contributed by atoms with Gasteiger partial charge in [0.2, 0.25) is 0 Å². The summed E-state index contributed by atoms with van der Waals surface area (Å²) in [5, 5.41) is 10.2. The minimum Gasteiger partial charge on any atom is -0.480 e. The Morgan fingerprint density at radius 1 is 1.43 bits per heavy atom. The monoisotopic (exact) mass is 288 g/mol. The summed E-state index contributed by atoms with van der Waals surface area (Å²) in [5.41, 5.74) is 2.17. The molecular formula is C15H20N4O2. The number of pyridine rings is 1. The van der Waals surface area contributed by atoms with Crippen molar-refractivity contribution in [2.45, 2.75) is 19.5 Å². The number of carboxylic acids is 1. The van der Waals surface area contributed by atoms with E-state index in [0.29, 0.717) is 0 Å². The smallest absolute Gasteiger partial charge is 0.320 e. The number of piperazine rings is 1. The molecule has 6 heteroatoms. The second-order valence-electron chi connectivity index (χ2n) is 5.54. The van der Waals surface area contributed by atoms with Crippen LogP contribution in [0.15, 0.2) is 24.5 Å². The van der Waals surface area contributed by atoms with E-state index < -0.39 is 12.0 Å². The standard InChI is InChI=1S/C15H20N4O2/c1-11(15(20)21)19-7-5-18(6-8-19)10-12-9-17-14-13(12)3-2-4-16-14/h2-4,9,11H,5-8,10H2,1H3,(H,16,17)(H,20,21). The predicted octanol–water partition coefficient (Wildman–Crippen LogP) is 1.15. The van der Waals surface area contributed by atoms with E-state index in [1.54, 1.807) is 13.1 Å². The van der Waals surface area contributed by atoms with Gasteiger partial charge in [-0.05, 0) is 24.6 Å². The van der Waals surface area contributed by atoms with E-state index in [0.717, 1.165) is 38.4 Å². The second kappa shape index (κ2) is 5.83. The van der Waals surface area contributed by atoms with Crippen LogP contribution in [0.25, 0.3) is 11.0 Å². The fourth-order valence-corrected chi connectivity index (χ4v) is 2.85. The Morgan fingerprint density at radius 2 is 2.19 bits per heavy atom.